The van der Waals surface area contributed by atoms with Crippen molar-refractivity contribution in [2.45, 2.75) is 25.3 Å². The fraction of sp³-hybridized carbons (Fsp3) is 0.500. The van der Waals surface area contributed by atoms with Gasteiger partial charge in [0.1, 0.15) is 0 Å². The number of nitrogens with zero attached hydrogens (tertiary/aromatic N) is 1. The standard InChI is InChI=1S/C12H15BrN2O3/c13-11-4-3-10(8-12(11)15(16)17)14-9-2-1-6-18-7-5-9/h3-4,8-9,14H,1-2,5-7H2. The van der Waals surface area contributed by atoms with Gasteiger partial charge in [-0.25, -0.2) is 0 Å². The molecule has 2 rings (SSSR count). The normalized spacial score (nSPS) is 20.2. The third kappa shape index (κ3) is 3.43. The van der Waals surface area contributed by atoms with Crippen LogP contribution < -0.4 is 5.32 Å². The molecule has 98 valence electrons. The van der Waals surface area contributed by atoms with Crippen molar-refractivity contribution in [3.8, 4) is 0 Å². The van der Waals surface area contributed by atoms with Crippen LogP contribution in [0, 0.1) is 10.1 Å². The molecule has 0 spiro atoms. The quantitative estimate of drug-likeness (QED) is 0.686. The number of halogens is 1. The highest BCUT2D eigenvalue weighted by molar-refractivity contribution is 9.10. The van der Waals surface area contributed by atoms with Gasteiger partial charge < -0.3 is 10.1 Å². The molecule has 1 aromatic rings. The average Bonchev–Trinajstić information content (AvgIpc) is 2.60. The Hall–Kier alpha value is -1.14. The maximum Gasteiger partial charge on any atom is 0.285 e. The van der Waals surface area contributed by atoms with E-state index in [0.29, 0.717) is 10.5 Å². The predicted octanol–water partition coefficient (Wildman–Crippen LogP) is 3.34. The van der Waals surface area contributed by atoms with Crippen LogP contribution in [0.15, 0.2) is 22.7 Å². The lowest BCUT2D eigenvalue weighted by atomic mass is 10.1. The summed E-state index contributed by atoms with van der Waals surface area (Å²) in [5.74, 6) is 0. The van der Waals surface area contributed by atoms with E-state index in [1.165, 1.54) is 0 Å². The first kappa shape index (κ1) is 13.3. The minimum Gasteiger partial charge on any atom is -0.382 e. The van der Waals surface area contributed by atoms with Crippen molar-refractivity contribution in [2.24, 2.45) is 0 Å². The van der Waals surface area contributed by atoms with Crippen molar-refractivity contribution >= 4 is 27.3 Å². The molecule has 1 N–H and O–H groups in total. The fourth-order valence-corrected chi connectivity index (χ4v) is 2.42. The second-order valence-electron chi connectivity index (χ2n) is 4.31. The van der Waals surface area contributed by atoms with E-state index in [-0.39, 0.29) is 10.6 Å². The number of nitro benzene ring substituents is 1. The predicted molar refractivity (Wildman–Crippen MR) is 72.9 cm³/mol. The summed E-state index contributed by atoms with van der Waals surface area (Å²) in [4.78, 5) is 10.5. The summed E-state index contributed by atoms with van der Waals surface area (Å²) in [7, 11) is 0. The molecule has 0 aliphatic carbocycles. The lowest BCUT2D eigenvalue weighted by Crippen LogP contribution is -2.19. The van der Waals surface area contributed by atoms with Gasteiger partial charge in [0.25, 0.3) is 5.69 Å². The maximum absolute atomic E-state index is 10.8. The van der Waals surface area contributed by atoms with Crippen LogP contribution >= 0.6 is 15.9 Å². The molecular weight excluding hydrogens is 300 g/mol. The number of benzene rings is 1. The molecule has 1 unspecified atom stereocenters. The number of nitro groups is 1. The van der Waals surface area contributed by atoms with Gasteiger partial charge in [0.05, 0.1) is 9.40 Å². The molecule has 1 aliphatic rings. The SMILES string of the molecule is O=[N+]([O-])c1cc(NC2CCCOCC2)ccc1Br. The Kier molecular flexibility index (Phi) is 4.54. The zero-order chi connectivity index (χ0) is 13.0. The maximum atomic E-state index is 10.8. The molecule has 0 aromatic heterocycles. The molecule has 1 aromatic carbocycles. The largest absolute Gasteiger partial charge is 0.382 e. The van der Waals surface area contributed by atoms with E-state index in [2.05, 4.69) is 21.2 Å². The van der Waals surface area contributed by atoms with Crippen molar-refractivity contribution in [3.63, 3.8) is 0 Å². The smallest absolute Gasteiger partial charge is 0.285 e. The third-order valence-electron chi connectivity index (χ3n) is 2.97. The van der Waals surface area contributed by atoms with Gasteiger partial charge in [0.2, 0.25) is 0 Å². The van der Waals surface area contributed by atoms with E-state index in [0.717, 1.165) is 38.2 Å². The molecule has 0 radical (unpaired) electrons. The van der Waals surface area contributed by atoms with E-state index in [4.69, 9.17) is 4.74 Å². The summed E-state index contributed by atoms with van der Waals surface area (Å²) in [6, 6.07) is 5.44. The van der Waals surface area contributed by atoms with Gasteiger partial charge >= 0.3 is 0 Å². The monoisotopic (exact) mass is 314 g/mol. The molecular formula is C12H15BrN2O3. The van der Waals surface area contributed by atoms with Crippen LogP contribution in [0.25, 0.3) is 0 Å². The van der Waals surface area contributed by atoms with E-state index < -0.39 is 0 Å². The van der Waals surface area contributed by atoms with Crippen LogP contribution in [0.2, 0.25) is 0 Å². The summed E-state index contributed by atoms with van der Waals surface area (Å²) in [6.07, 6.45) is 2.99. The second-order valence-corrected chi connectivity index (χ2v) is 5.16. The Morgan fingerprint density at radius 3 is 3.00 bits per heavy atom. The number of nitrogens with one attached hydrogen (secondary N) is 1. The Balaban J connectivity index is 2.08. The number of ether oxygens (including phenoxy) is 1. The van der Waals surface area contributed by atoms with Crippen molar-refractivity contribution in [3.05, 3.63) is 32.8 Å². The highest BCUT2D eigenvalue weighted by atomic mass is 79.9. The molecule has 6 heteroatoms. The van der Waals surface area contributed by atoms with Crippen molar-refractivity contribution in [2.75, 3.05) is 18.5 Å². The summed E-state index contributed by atoms with van der Waals surface area (Å²) >= 11 is 3.18. The summed E-state index contributed by atoms with van der Waals surface area (Å²) in [5, 5.41) is 14.2. The third-order valence-corrected chi connectivity index (χ3v) is 3.64. The van der Waals surface area contributed by atoms with Crippen LogP contribution in [0.1, 0.15) is 19.3 Å². The van der Waals surface area contributed by atoms with Gasteiger partial charge in [-0.2, -0.15) is 0 Å². The first-order valence-corrected chi connectivity index (χ1v) is 6.74. The molecule has 1 aliphatic heterocycles. The highest BCUT2D eigenvalue weighted by Crippen LogP contribution is 2.28. The van der Waals surface area contributed by atoms with Crippen LogP contribution in [0.3, 0.4) is 0 Å². The zero-order valence-electron chi connectivity index (χ0n) is 9.89. The average molecular weight is 315 g/mol. The minimum absolute atomic E-state index is 0.0878. The lowest BCUT2D eigenvalue weighted by molar-refractivity contribution is -0.385. The van der Waals surface area contributed by atoms with Gasteiger partial charge in [0, 0.05) is 31.0 Å². The van der Waals surface area contributed by atoms with E-state index in [1.54, 1.807) is 12.1 Å². The number of hydrogen-bond donors (Lipinski definition) is 1. The van der Waals surface area contributed by atoms with Crippen molar-refractivity contribution < 1.29 is 9.66 Å². The molecule has 0 bridgehead atoms. The van der Waals surface area contributed by atoms with Crippen molar-refractivity contribution in [1.29, 1.82) is 0 Å². The molecule has 1 atom stereocenters. The van der Waals surface area contributed by atoms with Gasteiger partial charge in [-0.3, -0.25) is 10.1 Å². The Morgan fingerprint density at radius 1 is 1.39 bits per heavy atom. The van der Waals surface area contributed by atoms with Gasteiger partial charge in [0.15, 0.2) is 0 Å². The summed E-state index contributed by atoms with van der Waals surface area (Å²) in [6.45, 7) is 1.55. The first-order valence-electron chi connectivity index (χ1n) is 5.95. The molecule has 1 fully saturated rings. The van der Waals surface area contributed by atoms with Crippen LogP contribution in [-0.4, -0.2) is 24.2 Å². The van der Waals surface area contributed by atoms with E-state index in [1.807, 2.05) is 6.07 Å². The topological polar surface area (TPSA) is 64.4 Å². The molecule has 1 saturated heterocycles. The molecule has 0 amide bonds. The summed E-state index contributed by atoms with van der Waals surface area (Å²) in [5.41, 5.74) is 0.877. The van der Waals surface area contributed by atoms with E-state index in [9.17, 15) is 10.1 Å². The number of rotatable bonds is 3. The first-order chi connectivity index (χ1) is 8.66. The van der Waals surface area contributed by atoms with Crippen molar-refractivity contribution in [1.82, 2.24) is 0 Å². The highest BCUT2D eigenvalue weighted by Gasteiger charge is 2.16. The zero-order valence-corrected chi connectivity index (χ0v) is 11.5. The van der Waals surface area contributed by atoms with Gasteiger partial charge in [-0.1, -0.05) is 0 Å². The van der Waals surface area contributed by atoms with Crippen LogP contribution in [0.4, 0.5) is 11.4 Å². The fourth-order valence-electron chi connectivity index (χ4n) is 2.03. The second kappa shape index (κ2) is 6.15. The molecule has 18 heavy (non-hydrogen) atoms. The van der Waals surface area contributed by atoms with Gasteiger partial charge in [-0.15, -0.1) is 0 Å². The van der Waals surface area contributed by atoms with Crippen LogP contribution in [0.5, 0.6) is 0 Å². The Labute approximate surface area is 114 Å². The van der Waals surface area contributed by atoms with E-state index >= 15 is 0 Å². The minimum atomic E-state index is -0.383. The molecule has 1 heterocycles. The number of hydrogen-bond acceptors (Lipinski definition) is 4. The van der Waals surface area contributed by atoms with Crippen LogP contribution in [-0.2, 0) is 4.74 Å². The lowest BCUT2D eigenvalue weighted by Gasteiger charge is -2.16. The number of anilines is 1. The molecule has 5 nitrogen and oxygen atoms in total. The van der Waals surface area contributed by atoms with Gasteiger partial charge in [-0.05, 0) is 47.3 Å². The Bertz CT molecular complexity index is 431. The Morgan fingerprint density at radius 2 is 2.22 bits per heavy atom. The molecule has 0 saturated carbocycles. The summed E-state index contributed by atoms with van der Waals surface area (Å²) < 4.78 is 5.89.